The lowest BCUT2D eigenvalue weighted by Gasteiger charge is -2.41. The maximum absolute atomic E-state index is 13.1. The molecule has 2 aliphatic rings. The Bertz CT molecular complexity index is 799. The quantitative estimate of drug-likeness (QED) is 0.847. The number of aromatic nitrogens is 1. The van der Waals surface area contributed by atoms with Crippen molar-refractivity contribution in [3.63, 3.8) is 0 Å². The van der Waals surface area contributed by atoms with Gasteiger partial charge in [0.15, 0.2) is 0 Å². The fraction of sp³-hybridized carbons (Fsp3) is 0.450. The summed E-state index contributed by atoms with van der Waals surface area (Å²) < 4.78 is 0. The van der Waals surface area contributed by atoms with Gasteiger partial charge in [0.05, 0.1) is 11.1 Å². The zero-order valence-corrected chi connectivity index (χ0v) is 14.4. The van der Waals surface area contributed by atoms with E-state index in [9.17, 15) is 9.59 Å². The summed E-state index contributed by atoms with van der Waals surface area (Å²) in [6.45, 7) is 2.24. The number of carbonyl (C=O) groups excluding carboxylic acids is 2. The van der Waals surface area contributed by atoms with Gasteiger partial charge in [0.1, 0.15) is 0 Å². The SMILES string of the molecule is O=C(c1ccnc2ccccc12)N1CCCC(N2CCCCC2=O)C1. The number of fused-ring (bicyclic) bond motifs is 1. The molecule has 3 heterocycles. The number of pyridine rings is 1. The molecule has 4 rings (SSSR count). The van der Waals surface area contributed by atoms with Crippen LogP contribution in [-0.4, -0.2) is 52.3 Å². The Labute approximate surface area is 147 Å². The molecule has 0 radical (unpaired) electrons. The molecule has 1 aromatic heterocycles. The summed E-state index contributed by atoms with van der Waals surface area (Å²) in [7, 11) is 0. The van der Waals surface area contributed by atoms with Crippen molar-refractivity contribution in [2.24, 2.45) is 0 Å². The van der Waals surface area contributed by atoms with Gasteiger partial charge >= 0.3 is 0 Å². The molecule has 2 fully saturated rings. The lowest BCUT2D eigenvalue weighted by Crippen LogP contribution is -2.53. The molecule has 5 nitrogen and oxygen atoms in total. The minimum atomic E-state index is 0.0489. The summed E-state index contributed by atoms with van der Waals surface area (Å²) in [5, 5.41) is 0.895. The molecule has 1 aromatic carbocycles. The number of nitrogens with zero attached hydrogens (tertiary/aromatic N) is 3. The van der Waals surface area contributed by atoms with Crippen LogP contribution in [0.4, 0.5) is 0 Å². The highest BCUT2D eigenvalue weighted by Crippen LogP contribution is 2.24. The number of amides is 2. The van der Waals surface area contributed by atoms with E-state index in [-0.39, 0.29) is 17.9 Å². The molecule has 0 aliphatic carbocycles. The molecule has 0 spiro atoms. The lowest BCUT2D eigenvalue weighted by atomic mass is 9.99. The largest absolute Gasteiger partial charge is 0.338 e. The highest BCUT2D eigenvalue weighted by molar-refractivity contribution is 6.06. The summed E-state index contributed by atoms with van der Waals surface area (Å²) >= 11 is 0. The normalized spacial score (nSPS) is 21.6. The van der Waals surface area contributed by atoms with E-state index in [1.807, 2.05) is 34.1 Å². The fourth-order valence-corrected chi connectivity index (χ4v) is 4.06. The second kappa shape index (κ2) is 6.82. The maximum atomic E-state index is 13.1. The molecule has 2 aromatic rings. The average Bonchev–Trinajstić information content (AvgIpc) is 2.67. The molecule has 5 heteroatoms. The van der Waals surface area contributed by atoms with Crippen molar-refractivity contribution in [1.82, 2.24) is 14.8 Å². The van der Waals surface area contributed by atoms with Crippen LogP contribution in [0.15, 0.2) is 36.5 Å². The monoisotopic (exact) mass is 337 g/mol. The molecule has 2 aliphatic heterocycles. The molecule has 1 unspecified atom stereocenters. The van der Waals surface area contributed by atoms with E-state index in [1.54, 1.807) is 12.3 Å². The minimum absolute atomic E-state index is 0.0489. The van der Waals surface area contributed by atoms with Crippen molar-refractivity contribution in [2.75, 3.05) is 19.6 Å². The average molecular weight is 337 g/mol. The van der Waals surface area contributed by atoms with Gasteiger partial charge in [0.2, 0.25) is 5.91 Å². The van der Waals surface area contributed by atoms with E-state index < -0.39 is 0 Å². The molecule has 130 valence electrons. The Morgan fingerprint density at radius 3 is 2.84 bits per heavy atom. The van der Waals surface area contributed by atoms with Crippen molar-refractivity contribution in [2.45, 2.75) is 38.1 Å². The molecule has 0 saturated carbocycles. The summed E-state index contributed by atoms with van der Waals surface area (Å²) in [4.78, 5) is 33.6. The number of rotatable bonds is 2. The maximum Gasteiger partial charge on any atom is 0.254 e. The molecular weight excluding hydrogens is 314 g/mol. The second-order valence-corrected chi connectivity index (χ2v) is 6.97. The van der Waals surface area contributed by atoms with Gasteiger partial charge in [-0.3, -0.25) is 14.6 Å². The Kier molecular flexibility index (Phi) is 4.38. The number of hydrogen-bond acceptors (Lipinski definition) is 3. The summed E-state index contributed by atoms with van der Waals surface area (Å²) in [5.41, 5.74) is 1.55. The van der Waals surface area contributed by atoms with Crippen LogP contribution in [-0.2, 0) is 4.79 Å². The van der Waals surface area contributed by atoms with E-state index in [0.717, 1.165) is 49.7 Å². The minimum Gasteiger partial charge on any atom is -0.338 e. The first-order valence-corrected chi connectivity index (χ1v) is 9.16. The van der Waals surface area contributed by atoms with Gasteiger partial charge in [-0.25, -0.2) is 0 Å². The van der Waals surface area contributed by atoms with Gasteiger partial charge in [-0.05, 0) is 37.8 Å². The summed E-state index contributed by atoms with van der Waals surface area (Å²) in [6.07, 6.45) is 6.36. The topological polar surface area (TPSA) is 53.5 Å². The molecule has 2 saturated heterocycles. The van der Waals surface area contributed by atoms with Gasteiger partial charge < -0.3 is 9.80 Å². The summed E-state index contributed by atoms with van der Waals surface area (Å²) in [6, 6.07) is 9.72. The van der Waals surface area contributed by atoms with Crippen LogP contribution in [0, 0.1) is 0 Å². The third-order valence-electron chi connectivity index (χ3n) is 5.36. The van der Waals surface area contributed by atoms with Gasteiger partial charge in [-0.1, -0.05) is 18.2 Å². The highest BCUT2D eigenvalue weighted by atomic mass is 16.2. The van der Waals surface area contributed by atoms with Crippen LogP contribution in [0.5, 0.6) is 0 Å². The highest BCUT2D eigenvalue weighted by Gasteiger charge is 2.32. The molecule has 1 atom stereocenters. The Morgan fingerprint density at radius 2 is 1.96 bits per heavy atom. The molecular formula is C20H23N3O2. The third kappa shape index (κ3) is 3.11. The van der Waals surface area contributed by atoms with Crippen molar-refractivity contribution in [3.05, 3.63) is 42.1 Å². The predicted molar refractivity (Wildman–Crippen MR) is 96.2 cm³/mol. The van der Waals surface area contributed by atoms with Gasteiger partial charge in [0, 0.05) is 43.7 Å². The van der Waals surface area contributed by atoms with Crippen LogP contribution in [0.25, 0.3) is 10.9 Å². The predicted octanol–water partition coefficient (Wildman–Crippen LogP) is 2.85. The molecule has 0 N–H and O–H groups in total. The number of hydrogen-bond donors (Lipinski definition) is 0. The van der Waals surface area contributed by atoms with E-state index in [1.165, 1.54) is 0 Å². The van der Waals surface area contributed by atoms with Crippen LogP contribution in [0.2, 0.25) is 0 Å². The van der Waals surface area contributed by atoms with Crippen molar-refractivity contribution in [1.29, 1.82) is 0 Å². The first-order valence-electron chi connectivity index (χ1n) is 9.16. The smallest absolute Gasteiger partial charge is 0.254 e. The summed E-state index contributed by atoms with van der Waals surface area (Å²) in [5.74, 6) is 0.299. The first kappa shape index (κ1) is 16.1. The molecule has 0 bridgehead atoms. The van der Waals surface area contributed by atoms with Crippen LogP contribution >= 0.6 is 0 Å². The number of piperidine rings is 2. The van der Waals surface area contributed by atoms with Crippen molar-refractivity contribution < 1.29 is 9.59 Å². The number of carbonyl (C=O) groups is 2. The Hall–Kier alpha value is -2.43. The Balaban J connectivity index is 1.56. The van der Waals surface area contributed by atoms with E-state index in [2.05, 4.69) is 4.98 Å². The lowest BCUT2D eigenvalue weighted by molar-refractivity contribution is -0.136. The first-order chi connectivity index (χ1) is 12.2. The molecule has 2 amide bonds. The van der Waals surface area contributed by atoms with Crippen molar-refractivity contribution >= 4 is 22.7 Å². The number of para-hydroxylation sites is 1. The zero-order chi connectivity index (χ0) is 17.2. The van der Waals surface area contributed by atoms with Crippen LogP contribution < -0.4 is 0 Å². The fourth-order valence-electron chi connectivity index (χ4n) is 4.06. The second-order valence-electron chi connectivity index (χ2n) is 6.97. The van der Waals surface area contributed by atoms with Crippen LogP contribution in [0.1, 0.15) is 42.5 Å². The third-order valence-corrected chi connectivity index (χ3v) is 5.36. The van der Waals surface area contributed by atoms with E-state index in [0.29, 0.717) is 18.5 Å². The van der Waals surface area contributed by atoms with Gasteiger partial charge in [0.25, 0.3) is 5.91 Å². The zero-order valence-electron chi connectivity index (χ0n) is 14.4. The van der Waals surface area contributed by atoms with E-state index >= 15 is 0 Å². The number of likely N-dealkylation sites (tertiary alicyclic amines) is 2. The number of benzene rings is 1. The molecule has 25 heavy (non-hydrogen) atoms. The van der Waals surface area contributed by atoms with Gasteiger partial charge in [-0.15, -0.1) is 0 Å². The van der Waals surface area contributed by atoms with Crippen LogP contribution in [0.3, 0.4) is 0 Å². The standard InChI is InChI=1S/C20H23N3O2/c24-19-9-3-4-13-23(19)15-6-5-12-22(14-15)20(25)17-10-11-21-18-8-2-1-7-16(17)18/h1-2,7-8,10-11,15H,3-6,9,12-14H2. The van der Waals surface area contributed by atoms with Crippen molar-refractivity contribution in [3.8, 4) is 0 Å². The Morgan fingerprint density at radius 1 is 1.08 bits per heavy atom. The van der Waals surface area contributed by atoms with Gasteiger partial charge in [-0.2, -0.15) is 0 Å². The van der Waals surface area contributed by atoms with E-state index in [4.69, 9.17) is 0 Å².